The topological polar surface area (TPSA) is 142 Å². The molecule has 1 aliphatic heterocycles. The van der Waals surface area contributed by atoms with Crippen molar-refractivity contribution in [3.8, 4) is 11.6 Å². The minimum absolute atomic E-state index is 0.0370. The van der Waals surface area contributed by atoms with E-state index in [0.717, 1.165) is 0 Å². The van der Waals surface area contributed by atoms with Crippen molar-refractivity contribution in [2.45, 2.75) is 49.9 Å². The fourth-order valence-corrected chi connectivity index (χ4v) is 4.50. The molecule has 0 radical (unpaired) electrons. The molecule has 4 bridgehead atoms. The summed E-state index contributed by atoms with van der Waals surface area (Å²) in [4.78, 5) is 22.6. The monoisotopic (exact) mass is 621 g/mol. The number of allylic oxidation sites excluding steroid dienone is 1. The standard InChI is InChI=1S/C27H21F6N7O4/c28-26(29,30)17-14-19(40(41)42)20-23-38-39-24(44-23)25(27(31,32)33,43-15-16-8-3-1-4-9-16)11-6-2-5-10-18(36-21(17)37-20)22-34-12-7-13-35-22/h1-5,7-9,12-14,18H,6,10-11,15H2,(H,36,37)/b5-2-/t18?,25-/m1/s1. The third-order valence-corrected chi connectivity index (χ3v) is 6.67. The average Bonchev–Trinajstić information content (AvgIpc) is 3.47. The van der Waals surface area contributed by atoms with Gasteiger partial charge in [0.05, 0.1) is 17.6 Å². The Morgan fingerprint density at radius 1 is 1.05 bits per heavy atom. The number of aromatic nitrogens is 5. The number of nitro groups is 1. The fraction of sp³-hybridized carbons (Fsp3) is 0.296. The van der Waals surface area contributed by atoms with Crippen molar-refractivity contribution < 1.29 is 40.4 Å². The molecule has 0 fully saturated rings. The lowest BCUT2D eigenvalue weighted by Gasteiger charge is -2.32. The number of anilines is 1. The Morgan fingerprint density at radius 2 is 1.77 bits per heavy atom. The summed E-state index contributed by atoms with van der Waals surface area (Å²) >= 11 is 0. The molecule has 17 heteroatoms. The Kier molecular flexibility index (Phi) is 8.31. The minimum atomic E-state index is -5.14. The molecule has 1 aromatic carbocycles. The highest BCUT2D eigenvalue weighted by molar-refractivity contribution is 5.68. The number of nitrogens with zero attached hydrogens (tertiary/aromatic N) is 6. The van der Waals surface area contributed by atoms with Gasteiger partial charge in [0, 0.05) is 18.5 Å². The summed E-state index contributed by atoms with van der Waals surface area (Å²) in [7, 11) is 0. The third-order valence-electron chi connectivity index (χ3n) is 6.67. The summed E-state index contributed by atoms with van der Waals surface area (Å²) in [6, 6.07) is 8.57. The van der Waals surface area contributed by atoms with E-state index in [1.807, 2.05) is 0 Å². The molecule has 0 saturated carbocycles. The summed E-state index contributed by atoms with van der Waals surface area (Å²) in [6.45, 7) is -0.526. The summed E-state index contributed by atoms with van der Waals surface area (Å²) in [5, 5.41) is 21.5. The maximum Gasteiger partial charge on any atom is 0.426 e. The van der Waals surface area contributed by atoms with Gasteiger partial charge < -0.3 is 14.5 Å². The first kappa shape index (κ1) is 30.5. The van der Waals surface area contributed by atoms with Crippen LogP contribution in [0.1, 0.15) is 48.1 Å². The number of pyridine rings is 1. The van der Waals surface area contributed by atoms with Gasteiger partial charge in [-0.3, -0.25) is 10.1 Å². The van der Waals surface area contributed by atoms with E-state index in [9.17, 15) is 36.5 Å². The second-order valence-electron chi connectivity index (χ2n) is 9.57. The molecular formula is C27H21F6N7O4. The summed E-state index contributed by atoms with van der Waals surface area (Å²) in [6.07, 6.45) is -5.80. The van der Waals surface area contributed by atoms with Crippen molar-refractivity contribution >= 4 is 11.5 Å². The van der Waals surface area contributed by atoms with E-state index in [1.54, 1.807) is 30.3 Å². The van der Waals surface area contributed by atoms with Crippen LogP contribution in [0.4, 0.5) is 37.8 Å². The largest absolute Gasteiger partial charge is 0.426 e. The molecule has 1 N–H and O–H groups in total. The molecule has 11 nitrogen and oxygen atoms in total. The fourth-order valence-electron chi connectivity index (χ4n) is 4.50. The van der Waals surface area contributed by atoms with Crippen LogP contribution >= 0.6 is 0 Å². The summed E-state index contributed by atoms with van der Waals surface area (Å²) in [5.41, 5.74) is -6.41. The maximum absolute atomic E-state index is 14.9. The van der Waals surface area contributed by atoms with Gasteiger partial charge in [0.15, 0.2) is 5.82 Å². The molecule has 0 aliphatic carbocycles. The number of ether oxygens (including phenoxy) is 1. The van der Waals surface area contributed by atoms with Crippen molar-refractivity contribution in [1.29, 1.82) is 0 Å². The molecular weight excluding hydrogens is 600 g/mol. The van der Waals surface area contributed by atoms with Gasteiger partial charge in [-0.25, -0.2) is 15.0 Å². The molecule has 0 amide bonds. The first-order valence-corrected chi connectivity index (χ1v) is 12.9. The second kappa shape index (κ2) is 12.0. The van der Waals surface area contributed by atoms with E-state index in [2.05, 4.69) is 30.5 Å². The Labute approximate surface area is 244 Å². The van der Waals surface area contributed by atoms with Gasteiger partial charge in [-0.05, 0) is 30.9 Å². The first-order valence-electron chi connectivity index (χ1n) is 12.9. The number of fused-ring (bicyclic) bond motifs is 5. The van der Waals surface area contributed by atoms with E-state index in [4.69, 9.17) is 9.15 Å². The highest BCUT2D eigenvalue weighted by Gasteiger charge is 2.61. The van der Waals surface area contributed by atoms with Gasteiger partial charge in [-0.1, -0.05) is 42.5 Å². The van der Waals surface area contributed by atoms with Crippen LogP contribution in [0.25, 0.3) is 11.6 Å². The normalized spacial score (nSPS) is 19.9. The number of rotatable bonds is 5. The Bertz CT molecular complexity index is 1650. The van der Waals surface area contributed by atoms with Crippen molar-refractivity contribution in [2.75, 3.05) is 5.32 Å². The SMILES string of the molecule is O=[N+]([O-])c1cc(C(F)(F)F)c2nc1-c1nnc(o1)[C@@](OCc1ccccc1)(C(F)(F)F)CC/C=C\CC(c1ncccn1)N2. The molecule has 2 atom stereocenters. The van der Waals surface area contributed by atoms with Crippen molar-refractivity contribution in [1.82, 2.24) is 25.1 Å². The van der Waals surface area contributed by atoms with Crippen LogP contribution in [-0.2, 0) is 23.1 Å². The molecule has 3 aromatic heterocycles. The van der Waals surface area contributed by atoms with E-state index >= 15 is 0 Å². The number of alkyl halides is 6. The smallest absolute Gasteiger partial charge is 0.415 e. The van der Waals surface area contributed by atoms with Crippen LogP contribution in [-0.4, -0.2) is 36.2 Å². The molecule has 4 aromatic rings. The zero-order valence-electron chi connectivity index (χ0n) is 22.3. The van der Waals surface area contributed by atoms with Gasteiger partial charge in [0.2, 0.25) is 11.3 Å². The van der Waals surface area contributed by atoms with Crippen molar-refractivity contribution in [3.63, 3.8) is 0 Å². The maximum atomic E-state index is 14.9. The average molecular weight is 621 g/mol. The number of nitrogens with one attached hydrogen (secondary N) is 1. The van der Waals surface area contributed by atoms with Gasteiger partial charge in [0.25, 0.3) is 11.8 Å². The van der Waals surface area contributed by atoms with Gasteiger partial charge in [-0.15, -0.1) is 10.2 Å². The number of hydrogen-bond acceptors (Lipinski definition) is 10. The molecule has 1 aliphatic rings. The molecule has 4 heterocycles. The van der Waals surface area contributed by atoms with E-state index in [1.165, 1.54) is 30.6 Å². The molecule has 230 valence electrons. The number of hydrogen-bond donors (Lipinski definition) is 1. The molecule has 5 rings (SSSR count). The quantitative estimate of drug-likeness (QED) is 0.110. The lowest BCUT2D eigenvalue weighted by Crippen LogP contribution is -2.45. The van der Waals surface area contributed by atoms with Crippen LogP contribution in [0.15, 0.2) is 71.4 Å². The Hall–Kier alpha value is -4.93. The van der Waals surface area contributed by atoms with E-state index in [-0.39, 0.29) is 24.7 Å². The lowest BCUT2D eigenvalue weighted by atomic mass is 9.95. The summed E-state index contributed by atoms with van der Waals surface area (Å²) < 4.78 is 97.8. The molecule has 0 spiro atoms. The van der Waals surface area contributed by atoms with Gasteiger partial charge in [-0.2, -0.15) is 26.3 Å². The zero-order chi connectivity index (χ0) is 31.5. The third kappa shape index (κ3) is 6.22. The highest BCUT2D eigenvalue weighted by Crippen LogP contribution is 2.47. The molecule has 1 unspecified atom stereocenters. The number of halogens is 6. The predicted octanol–water partition coefficient (Wildman–Crippen LogP) is 6.72. The van der Waals surface area contributed by atoms with Crippen molar-refractivity contribution in [3.05, 3.63) is 100.0 Å². The number of benzene rings is 1. The second-order valence-corrected chi connectivity index (χ2v) is 9.57. The Morgan fingerprint density at radius 3 is 2.43 bits per heavy atom. The van der Waals surface area contributed by atoms with Crippen LogP contribution < -0.4 is 5.32 Å². The lowest BCUT2D eigenvalue weighted by molar-refractivity contribution is -0.384. The highest BCUT2D eigenvalue weighted by atomic mass is 19.4. The molecule has 0 saturated heterocycles. The van der Waals surface area contributed by atoms with E-state index < -0.39 is 76.5 Å². The van der Waals surface area contributed by atoms with Crippen LogP contribution in [0.3, 0.4) is 0 Å². The molecule has 44 heavy (non-hydrogen) atoms. The van der Waals surface area contributed by atoms with Crippen LogP contribution in [0, 0.1) is 10.1 Å². The van der Waals surface area contributed by atoms with Gasteiger partial charge in [0.1, 0.15) is 11.4 Å². The predicted molar refractivity (Wildman–Crippen MR) is 140 cm³/mol. The zero-order valence-corrected chi connectivity index (χ0v) is 22.3. The van der Waals surface area contributed by atoms with Gasteiger partial charge >= 0.3 is 18.0 Å². The first-order chi connectivity index (χ1) is 20.9. The van der Waals surface area contributed by atoms with Crippen LogP contribution in [0.5, 0.6) is 0 Å². The van der Waals surface area contributed by atoms with E-state index in [0.29, 0.717) is 5.56 Å². The summed E-state index contributed by atoms with van der Waals surface area (Å²) in [5.74, 6) is -2.86. The van der Waals surface area contributed by atoms with Crippen molar-refractivity contribution in [2.24, 2.45) is 0 Å². The Balaban J connectivity index is 1.71. The minimum Gasteiger partial charge on any atom is -0.415 e. The van der Waals surface area contributed by atoms with Crippen LogP contribution in [0.2, 0.25) is 0 Å².